The van der Waals surface area contributed by atoms with Crippen molar-refractivity contribution < 1.29 is 4.79 Å². The summed E-state index contributed by atoms with van der Waals surface area (Å²) in [5.41, 5.74) is 8.50. The highest BCUT2D eigenvalue weighted by atomic mass is 35.5. The molecule has 0 saturated carbocycles. The van der Waals surface area contributed by atoms with Gasteiger partial charge in [-0.05, 0) is 61.9 Å². The van der Waals surface area contributed by atoms with Crippen molar-refractivity contribution in [3.8, 4) is 0 Å². The van der Waals surface area contributed by atoms with Crippen LogP contribution < -0.4 is 5.43 Å². The summed E-state index contributed by atoms with van der Waals surface area (Å²) in [4.78, 5) is 12.4. The SMILES string of the molecule is C/C(=N/NC(=O)CCn1c2c(c3ccccc31)CCCC2)c1ccc(Cl)cc1. The molecule has 0 radical (unpaired) electrons. The third-order valence-corrected chi connectivity index (χ3v) is 5.71. The molecule has 1 aliphatic rings. The van der Waals surface area contributed by atoms with E-state index in [2.05, 4.69) is 39.4 Å². The number of fused-ring (bicyclic) bond motifs is 3. The Morgan fingerprint density at radius 2 is 1.86 bits per heavy atom. The first-order chi connectivity index (χ1) is 13.6. The van der Waals surface area contributed by atoms with E-state index in [1.807, 2.05) is 31.2 Å². The number of aromatic nitrogens is 1. The fraction of sp³-hybridized carbons (Fsp3) is 0.304. The normalized spacial score (nSPS) is 14.1. The number of carbonyl (C=O) groups is 1. The highest BCUT2D eigenvalue weighted by Gasteiger charge is 2.19. The molecule has 2 aromatic carbocycles. The van der Waals surface area contributed by atoms with Crippen molar-refractivity contribution in [3.63, 3.8) is 0 Å². The molecule has 4 nitrogen and oxygen atoms in total. The van der Waals surface area contributed by atoms with E-state index < -0.39 is 0 Å². The van der Waals surface area contributed by atoms with Crippen molar-refractivity contribution in [1.29, 1.82) is 0 Å². The highest BCUT2D eigenvalue weighted by molar-refractivity contribution is 6.30. The van der Waals surface area contributed by atoms with Gasteiger partial charge in [-0.1, -0.05) is 41.9 Å². The number of rotatable bonds is 5. The number of nitrogens with one attached hydrogen (secondary N) is 1. The third-order valence-electron chi connectivity index (χ3n) is 5.46. The number of halogens is 1. The van der Waals surface area contributed by atoms with E-state index >= 15 is 0 Å². The van der Waals surface area contributed by atoms with Gasteiger partial charge >= 0.3 is 0 Å². The van der Waals surface area contributed by atoms with E-state index in [0.29, 0.717) is 18.0 Å². The smallest absolute Gasteiger partial charge is 0.241 e. The van der Waals surface area contributed by atoms with Crippen LogP contribution in [0.15, 0.2) is 53.6 Å². The molecule has 144 valence electrons. The number of amides is 1. The molecule has 0 unspecified atom stereocenters. The molecule has 1 aliphatic carbocycles. The van der Waals surface area contributed by atoms with Gasteiger partial charge in [0.25, 0.3) is 0 Å². The lowest BCUT2D eigenvalue weighted by Crippen LogP contribution is -2.21. The van der Waals surface area contributed by atoms with Crippen LogP contribution in [0.3, 0.4) is 0 Å². The highest BCUT2D eigenvalue weighted by Crippen LogP contribution is 2.32. The first-order valence-electron chi connectivity index (χ1n) is 9.81. The lowest BCUT2D eigenvalue weighted by atomic mass is 9.95. The molecule has 4 rings (SSSR count). The molecule has 0 saturated heterocycles. The largest absolute Gasteiger partial charge is 0.344 e. The Bertz CT molecular complexity index is 1030. The predicted octanol–water partition coefficient (Wildman–Crippen LogP) is 5.10. The summed E-state index contributed by atoms with van der Waals surface area (Å²) in [7, 11) is 0. The molecule has 0 atom stereocenters. The Balaban J connectivity index is 1.45. The number of aryl methyl sites for hydroxylation is 2. The summed E-state index contributed by atoms with van der Waals surface area (Å²) < 4.78 is 2.33. The van der Waals surface area contributed by atoms with Gasteiger partial charge in [-0.2, -0.15) is 5.10 Å². The Morgan fingerprint density at radius 1 is 1.11 bits per heavy atom. The molecule has 0 bridgehead atoms. The lowest BCUT2D eigenvalue weighted by molar-refractivity contribution is -0.121. The van der Waals surface area contributed by atoms with E-state index in [1.54, 1.807) is 0 Å². The Labute approximate surface area is 170 Å². The second-order valence-corrected chi connectivity index (χ2v) is 7.73. The van der Waals surface area contributed by atoms with Crippen molar-refractivity contribution in [2.45, 2.75) is 45.6 Å². The van der Waals surface area contributed by atoms with E-state index in [0.717, 1.165) is 24.1 Å². The van der Waals surface area contributed by atoms with Crippen LogP contribution in [0.5, 0.6) is 0 Å². The molecule has 28 heavy (non-hydrogen) atoms. The van der Waals surface area contributed by atoms with E-state index in [9.17, 15) is 4.79 Å². The predicted molar refractivity (Wildman–Crippen MR) is 115 cm³/mol. The number of carbonyl (C=O) groups excluding carboxylic acids is 1. The monoisotopic (exact) mass is 393 g/mol. The van der Waals surface area contributed by atoms with Gasteiger partial charge in [0.15, 0.2) is 0 Å². The van der Waals surface area contributed by atoms with E-state index in [4.69, 9.17) is 11.6 Å². The first-order valence-corrected chi connectivity index (χ1v) is 10.2. The van der Waals surface area contributed by atoms with Gasteiger partial charge in [0.2, 0.25) is 5.91 Å². The van der Waals surface area contributed by atoms with E-state index in [-0.39, 0.29) is 5.91 Å². The Kier molecular flexibility index (Phi) is 5.49. The first kappa shape index (κ1) is 18.8. The topological polar surface area (TPSA) is 46.4 Å². The summed E-state index contributed by atoms with van der Waals surface area (Å²) in [6.07, 6.45) is 5.11. The minimum absolute atomic E-state index is 0.0735. The quantitative estimate of drug-likeness (QED) is 0.475. The summed E-state index contributed by atoms with van der Waals surface area (Å²) in [5, 5.41) is 6.26. The third kappa shape index (κ3) is 3.83. The molecular formula is C23H24ClN3O. The van der Waals surface area contributed by atoms with Crippen molar-refractivity contribution in [1.82, 2.24) is 9.99 Å². The zero-order chi connectivity index (χ0) is 19.5. The van der Waals surface area contributed by atoms with Crippen LogP contribution >= 0.6 is 11.6 Å². The van der Waals surface area contributed by atoms with Gasteiger partial charge in [-0.3, -0.25) is 4.79 Å². The fourth-order valence-corrected chi connectivity index (χ4v) is 4.14. The molecule has 5 heteroatoms. The van der Waals surface area contributed by atoms with Crippen LogP contribution in [0.2, 0.25) is 5.02 Å². The molecule has 1 amide bonds. The minimum Gasteiger partial charge on any atom is -0.344 e. The molecule has 1 N–H and O–H groups in total. The van der Waals surface area contributed by atoms with Crippen LogP contribution in [0.25, 0.3) is 10.9 Å². The van der Waals surface area contributed by atoms with E-state index in [1.165, 1.54) is 35.0 Å². The second kappa shape index (κ2) is 8.19. The number of hydrogen-bond donors (Lipinski definition) is 1. The van der Waals surface area contributed by atoms with Crippen LogP contribution in [0.1, 0.15) is 43.0 Å². The summed E-state index contributed by atoms with van der Waals surface area (Å²) in [6, 6.07) is 16.0. The standard InChI is InChI=1S/C23H24ClN3O/c1-16(17-10-12-18(24)13-11-17)25-26-23(28)14-15-27-21-8-4-2-6-19(21)20-7-3-5-9-22(20)27/h2,4,6,8,10-13H,3,5,7,9,14-15H2,1H3,(H,26,28)/b25-16-. The maximum Gasteiger partial charge on any atom is 0.241 e. The van der Waals surface area contributed by atoms with Gasteiger partial charge in [0.1, 0.15) is 0 Å². The molecule has 0 aliphatic heterocycles. The zero-order valence-electron chi connectivity index (χ0n) is 16.0. The molecule has 0 fully saturated rings. The maximum atomic E-state index is 12.4. The Hall–Kier alpha value is -2.59. The van der Waals surface area contributed by atoms with Gasteiger partial charge in [-0.25, -0.2) is 5.43 Å². The van der Waals surface area contributed by atoms with Gasteiger partial charge in [0.05, 0.1) is 5.71 Å². The summed E-state index contributed by atoms with van der Waals surface area (Å²) in [6.45, 7) is 2.55. The van der Waals surface area contributed by atoms with Crippen molar-refractivity contribution >= 4 is 34.1 Å². The summed E-state index contributed by atoms with van der Waals surface area (Å²) >= 11 is 5.91. The van der Waals surface area contributed by atoms with Crippen molar-refractivity contribution in [2.24, 2.45) is 5.10 Å². The molecule has 1 aromatic heterocycles. The number of hydrazone groups is 1. The summed E-state index contributed by atoms with van der Waals surface area (Å²) in [5.74, 6) is -0.0735. The maximum absolute atomic E-state index is 12.4. The fourth-order valence-electron chi connectivity index (χ4n) is 4.01. The van der Waals surface area contributed by atoms with Crippen LogP contribution in [0.4, 0.5) is 0 Å². The number of hydrogen-bond acceptors (Lipinski definition) is 2. The Morgan fingerprint density at radius 3 is 2.68 bits per heavy atom. The number of nitrogens with zero attached hydrogens (tertiary/aromatic N) is 2. The average molecular weight is 394 g/mol. The van der Waals surface area contributed by atoms with Crippen molar-refractivity contribution in [3.05, 3.63) is 70.4 Å². The molecule has 1 heterocycles. The average Bonchev–Trinajstić information content (AvgIpc) is 3.05. The second-order valence-electron chi connectivity index (χ2n) is 7.29. The van der Waals surface area contributed by atoms with Crippen LogP contribution in [0, 0.1) is 0 Å². The van der Waals surface area contributed by atoms with Gasteiger partial charge < -0.3 is 4.57 Å². The number of para-hydroxylation sites is 1. The zero-order valence-corrected chi connectivity index (χ0v) is 16.8. The molecular weight excluding hydrogens is 370 g/mol. The van der Waals surface area contributed by atoms with Crippen LogP contribution in [-0.4, -0.2) is 16.2 Å². The number of benzene rings is 2. The van der Waals surface area contributed by atoms with Crippen molar-refractivity contribution in [2.75, 3.05) is 0 Å². The van der Waals surface area contributed by atoms with Crippen LogP contribution in [-0.2, 0) is 24.2 Å². The minimum atomic E-state index is -0.0735. The molecule has 3 aromatic rings. The molecule has 0 spiro atoms. The van der Waals surface area contributed by atoms with Gasteiger partial charge in [-0.15, -0.1) is 0 Å². The lowest BCUT2D eigenvalue weighted by Gasteiger charge is -2.15. The van der Waals surface area contributed by atoms with Gasteiger partial charge in [0, 0.05) is 34.6 Å².